The first-order valence-electron chi connectivity index (χ1n) is 8.41. The maximum atomic E-state index is 13.2. The molecule has 1 fully saturated rings. The standard InChI is InChI=1S/C18H25BrN2O3S/c1-3-5-6-7-10-20-17-13-15(19)8-9-18(17)25(22,23)21-11-12-24-14-16(21)4-2/h3,5-6,8-9,13,16,20H,1,4,7,10-12,14H2,2H3/b6-5+. The zero-order valence-corrected chi connectivity index (χ0v) is 16.9. The summed E-state index contributed by atoms with van der Waals surface area (Å²) in [6.07, 6.45) is 7.09. The molecule has 0 aromatic heterocycles. The smallest absolute Gasteiger partial charge is 0.245 e. The summed E-state index contributed by atoms with van der Waals surface area (Å²) in [6, 6.07) is 5.11. The third-order valence-electron chi connectivity index (χ3n) is 4.07. The molecule has 5 nitrogen and oxygen atoms in total. The molecule has 1 aliphatic rings. The predicted octanol–water partition coefficient (Wildman–Crippen LogP) is 3.79. The molecule has 138 valence electrons. The molecular weight excluding hydrogens is 404 g/mol. The van der Waals surface area contributed by atoms with Gasteiger partial charge < -0.3 is 10.1 Å². The van der Waals surface area contributed by atoms with E-state index in [1.54, 1.807) is 22.5 Å². The summed E-state index contributed by atoms with van der Waals surface area (Å²) in [4.78, 5) is 0.309. The van der Waals surface area contributed by atoms with E-state index in [4.69, 9.17) is 4.74 Å². The molecule has 1 saturated heterocycles. The highest BCUT2D eigenvalue weighted by atomic mass is 79.9. The van der Waals surface area contributed by atoms with Gasteiger partial charge in [0.25, 0.3) is 0 Å². The van der Waals surface area contributed by atoms with E-state index >= 15 is 0 Å². The summed E-state index contributed by atoms with van der Waals surface area (Å²) in [7, 11) is -3.58. The second-order valence-corrected chi connectivity index (χ2v) is 8.55. The van der Waals surface area contributed by atoms with Crippen molar-refractivity contribution < 1.29 is 13.2 Å². The summed E-state index contributed by atoms with van der Waals surface area (Å²) >= 11 is 3.42. The third-order valence-corrected chi connectivity index (χ3v) is 6.57. The second-order valence-electron chi connectivity index (χ2n) is 5.77. The van der Waals surface area contributed by atoms with Gasteiger partial charge in [-0.05, 0) is 31.0 Å². The highest BCUT2D eigenvalue weighted by Crippen LogP contribution is 2.30. The van der Waals surface area contributed by atoms with Crippen LogP contribution in [0.5, 0.6) is 0 Å². The monoisotopic (exact) mass is 428 g/mol. The van der Waals surface area contributed by atoms with Crippen LogP contribution in [-0.2, 0) is 14.8 Å². The van der Waals surface area contributed by atoms with Gasteiger partial charge in [0.15, 0.2) is 0 Å². The zero-order valence-electron chi connectivity index (χ0n) is 14.4. The number of allylic oxidation sites excluding steroid dienone is 2. The van der Waals surface area contributed by atoms with Crippen molar-refractivity contribution in [1.29, 1.82) is 0 Å². The Bertz CT molecular complexity index is 719. The number of nitrogens with one attached hydrogen (secondary N) is 1. The van der Waals surface area contributed by atoms with Gasteiger partial charge in [-0.3, -0.25) is 0 Å². The van der Waals surface area contributed by atoms with Crippen LogP contribution in [0, 0.1) is 0 Å². The van der Waals surface area contributed by atoms with Crippen molar-refractivity contribution in [3.63, 3.8) is 0 Å². The lowest BCUT2D eigenvalue weighted by Crippen LogP contribution is -2.48. The average Bonchev–Trinajstić information content (AvgIpc) is 2.61. The molecule has 0 radical (unpaired) electrons. The fraction of sp³-hybridized carbons (Fsp3) is 0.444. The molecule has 0 spiro atoms. The summed E-state index contributed by atoms with van der Waals surface area (Å²) < 4.78 is 34.3. The predicted molar refractivity (Wildman–Crippen MR) is 105 cm³/mol. The molecular formula is C18H25BrN2O3S. The Balaban J connectivity index is 2.26. The first-order chi connectivity index (χ1) is 12.0. The molecule has 1 atom stereocenters. The van der Waals surface area contributed by atoms with Crippen LogP contribution in [0.3, 0.4) is 0 Å². The molecule has 1 heterocycles. The van der Waals surface area contributed by atoms with E-state index in [1.807, 2.05) is 25.1 Å². The Morgan fingerprint density at radius 2 is 2.28 bits per heavy atom. The van der Waals surface area contributed by atoms with Crippen LogP contribution in [0.15, 0.2) is 52.4 Å². The number of anilines is 1. The molecule has 0 bridgehead atoms. The Kier molecular flexibility index (Phi) is 7.68. The number of morpholine rings is 1. The molecule has 0 aliphatic carbocycles. The van der Waals surface area contributed by atoms with Gasteiger partial charge in [-0.15, -0.1) is 0 Å². The lowest BCUT2D eigenvalue weighted by atomic mass is 10.2. The third kappa shape index (κ3) is 5.17. The highest BCUT2D eigenvalue weighted by Gasteiger charge is 2.34. The molecule has 0 saturated carbocycles. The van der Waals surface area contributed by atoms with Crippen molar-refractivity contribution in [2.45, 2.75) is 30.7 Å². The van der Waals surface area contributed by atoms with Crippen molar-refractivity contribution in [3.8, 4) is 0 Å². The van der Waals surface area contributed by atoms with Gasteiger partial charge in [0, 0.05) is 23.6 Å². The molecule has 2 rings (SSSR count). The van der Waals surface area contributed by atoms with Crippen LogP contribution in [0.25, 0.3) is 0 Å². The number of benzene rings is 1. The van der Waals surface area contributed by atoms with Crippen molar-refractivity contribution in [3.05, 3.63) is 47.5 Å². The minimum Gasteiger partial charge on any atom is -0.384 e. The molecule has 7 heteroatoms. The van der Waals surface area contributed by atoms with Gasteiger partial charge >= 0.3 is 0 Å². The van der Waals surface area contributed by atoms with Gasteiger partial charge in [0.05, 0.1) is 18.9 Å². The maximum absolute atomic E-state index is 13.2. The van der Waals surface area contributed by atoms with Crippen LogP contribution in [0.2, 0.25) is 0 Å². The number of halogens is 1. The SMILES string of the molecule is C=C/C=C/CCNc1cc(Br)ccc1S(=O)(=O)N1CCOCC1CC. The molecule has 0 amide bonds. The van der Waals surface area contributed by atoms with Gasteiger partial charge in [-0.25, -0.2) is 8.42 Å². The van der Waals surface area contributed by atoms with Gasteiger partial charge in [-0.2, -0.15) is 4.31 Å². The molecule has 1 N–H and O–H groups in total. The fourth-order valence-electron chi connectivity index (χ4n) is 2.75. The Morgan fingerprint density at radius 3 is 3.00 bits per heavy atom. The molecule has 1 unspecified atom stereocenters. The van der Waals surface area contributed by atoms with Crippen LogP contribution >= 0.6 is 15.9 Å². The largest absolute Gasteiger partial charge is 0.384 e. The van der Waals surface area contributed by atoms with Crippen LogP contribution in [-0.4, -0.2) is 45.1 Å². The topological polar surface area (TPSA) is 58.6 Å². The van der Waals surface area contributed by atoms with Crippen LogP contribution in [0.1, 0.15) is 19.8 Å². The number of rotatable bonds is 8. The zero-order chi connectivity index (χ0) is 18.3. The quantitative estimate of drug-likeness (QED) is 0.505. The minimum absolute atomic E-state index is 0.120. The van der Waals surface area contributed by atoms with Gasteiger partial charge in [0.2, 0.25) is 10.0 Å². The fourth-order valence-corrected chi connectivity index (χ4v) is 4.93. The van der Waals surface area contributed by atoms with E-state index in [2.05, 4.69) is 27.8 Å². The normalized spacial score (nSPS) is 19.2. The summed E-state index contributed by atoms with van der Waals surface area (Å²) in [5.74, 6) is 0. The van der Waals surface area contributed by atoms with Crippen molar-refractivity contribution >= 4 is 31.6 Å². The van der Waals surface area contributed by atoms with Gasteiger partial charge in [-0.1, -0.05) is 47.7 Å². The summed E-state index contributed by atoms with van der Waals surface area (Å²) in [5, 5.41) is 3.24. The first kappa shape index (κ1) is 20.2. The number of sulfonamides is 1. The van der Waals surface area contributed by atoms with Crippen molar-refractivity contribution in [2.24, 2.45) is 0 Å². The summed E-state index contributed by atoms with van der Waals surface area (Å²) in [6.45, 7) is 7.52. The molecule has 1 aromatic carbocycles. The average molecular weight is 429 g/mol. The Hall–Kier alpha value is -1.15. The Morgan fingerprint density at radius 1 is 1.48 bits per heavy atom. The maximum Gasteiger partial charge on any atom is 0.245 e. The number of ether oxygens (including phenoxy) is 1. The Labute approximate surface area is 158 Å². The van der Waals surface area contributed by atoms with Crippen molar-refractivity contribution in [2.75, 3.05) is 31.6 Å². The van der Waals surface area contributed by atoms with E-state index in [0.29, 0.717) is 36.9 Å². The van der Waals surface area contributed by atoms with E-state index in [-0.39, 0.29) is 6.04 Å². The van der Waals surface area contributed by atoms with Crippen LogP contribution < -0.4 is 5.32 Å². The second kappa shape index (κ2) is 9.52. The number of hydrogen-bond donors (Lipinski definition) is 1. The highest BCUT2D eigenvalue weighted by molar-refractivity contribution is 9.10. The van der Waals surface area contributed by atoms with E-state index in [9.17, 15) is 8.42 Å². The number of nitrogens with zero attached hydrogens (tertiary/aromatic N) is 1. The number of hydrogen-bond acceptors (Lipinski definition) is 4. The van der Waals surface area contributed by atoms with Gasteiger partial charge in [0.1, 0.15) is 4.90 Å². The van der Waals surface area contributed by atoms with E-state index < -0.39 is 10.0 Å². The summed E-state index contributed by atoms with van der Waals surface area (Å²) in [5.41, 5.74) is 0.614. The molecule has 1 aliphatic heterocycles. The first-order valence-corrected chi connectivity index (χ1v) is 10.6. The van der Waals surface area contributed by atoms with E-state index in [0.717, 1.165) is 17.3 Å². The molecule has 1 aromatic rings. The van der Waals surface area contributed by atoms with E-state index in [1.165, 1.54) is 0 Å². The molecule has 25 heavy (non-hydrogen) atoms. The van der Waals surface area contributed by atoms with Crippen LogP contribution in [0.4, 0.5) is 5.69 Å². The lowest BCUT2D eigenvalue weighted by molar-refractivity contribution is 0.0314. The minimum atomic E-state index is -3.58. The lowest BCUT2D eigenvalue weighted by Gasteiger charge is -2.34. The van der Waals surface area contributed by atoms with Crippen molar-refractivity contribution in [1.82, 2.24) is 4.31 Å².